The van der Waals surface area contributed by atoms with Crippen LogP contribution in [0.1, 0.15) is 24.0 Å². The van der Waals surface area contributed by atoms with Gasteiger partial charge in [0.25, 0.3) is 0 Å². The van der Waals surface area contributed by atoms with Crippen LogP contribution < -0.4 is 11.1 Å². The normalized spacial score (nSPS) is 12.8. The first-order valence-corrected chi connectivity index (χ1v) is 5.75. The van der Waals surface area contributed by atoms with Gasteiger partial charge in [-0.15, -0.1) is 0 Å². The Hall–Kier alpha value is -1.33. The lowest BCUT2D eigenvalue weighted by Gasteiger charge is -2.24. The molecule has 0 saturated heterocycles. The second kappa shape index (κ2) is 6.42. The number of amides is 1. The van der Waals surface area contributed by atoms with E-state index in [0.29, 0.717) is 19.5 Å². The molecule has 0 aliphatic carbocycles. The van der Waals surface area contributed by atoms with Gasteiger partial charge in [-0.1, -0.05) is 0 Å². The third-order valence-electron chi connectivity index (χ3n) is 2.82. The number of aryl methyl sites for hydroxylation is 1. The summed E-state index contributed by atoms with van der Waals surface area (Å²) >= 11 is 0. The van der Waals surface area contributed by atoms with Crippen molar-refractivity contribution < 1.29 is 9.21 Å². The molecule has 0 fully saturated rings. The highest BCUT2D eigenvalue weighted by Gasteiger charge is 2.18. The van der Waals surface area contributed by atoms with Crippen LogP contribution in [0.25, 0.3) is 0 Å². The van der Waals surface area contributed by atoms with Crippen molar-refractivity contribution >= 4 is 5.91 Å². The summed E-state index contributed by atoms with van der Waals surface area (Å²) in [5.74, 6) is 1.76. The third-order valence-corrected chi connectivity index (χ3v) is 2.82. The molecule has 1 aromatic heterocycles. The van der Waals surface area contributed by atoms with Crippen molar-refractivity contribution in [3.05, 3.63) is 23.7 Å². The molecule has 0 aromatic carbocycles. The number of nitrogens with two attached hydrogens (primary N) is 1. The lowest BCUT2D eigenvalue weighted by molar-refractivity contribution is -0.121. The number of rotatable bonds is 6. The zero-order chi connectivity index (χ0) is 12.8. The minimum Gasteiger partial charge on any atom is -0.465 e. The summed E-state index contributed by atoms with van der Waals surface area (Å²) in [6.45, 7) is 3.03. The number of carbonyl (C=O) groups excluding carboxylic acids is 1. The maximum Gasteiger partial charge on any atom is 0.221 e. The molecule has 1 unspecified atom stereocenters. The molecule has 17 heavy (non-hydrogen) atoms. The molecule has 3 N–H and O–H groups in total. The van der Waals surface area contributed by atoms with Crippen molar-refractivity contribution in [3.63, 3.8) is 0 Å². The van der Waals surface area contributed by atoms with Crippen molar-refractivity contribution in [2.75, 3.05) is 27.2 Å². The maximum atomic E-state index is 11.2. The summed E-state index contributed by atoms with van der Waals surface area (Å²) in [4.78, 5) is 13.2. The zero-order valence-corrected chi connectivity index (χ0v) is 10.7. The fourth-order valence-corrected chi connectivity index (χ4v) is 1.70. The standard InChI is InChI=1S/C12H21N3O2/c1-9-4-5-11(17-9)10(8-13)15(3)7-6-12(16)14-2/h4-5,10H,6-8,13H2,1-3H3,(H,14,16). The smallest absolute Gasteiger partial charge is 0.221 e. The third kappa shape index (κ3) is 3.87. The Balaban J connectivity index is 2.58. The molecule has 5 heteroatoms. The van der Waals surface area contributed by atoms with Gasteiger partial charge in [-0.3, -0.25) is 9.69 Å². The van der Waals surface area contributed by atoms with Gasteiger partial charge in [0, 0.05) is 26.6 Å². The van der Waals surface area contributed by atoms with E-state index >= 15 is 0 Å². The maximum absolute atomic E-state index is 11.2. The molecule has 1 amide bonds. The van der Waals surface area contributed by atoms with Gasteiger partial charge in [0.1, 0.15) is 11.5 Å². The Kier molecular flexibility index (Phi) is 5.18. The Morgan fingerprint density at radius 3 is 2.76 bits per heavy atom. The number of hydrogen-bond donors (Lipinski definition) is 2. The Bertz CT molecular complexity index is 362. The lowest BCUT2D eigenvalue weighted by Crippen LogP contribution is -2.33. The van der Waals surface area contributed by atoms with Gasteiger partial charge in [-0.05, 0) is 26.1 Å². The van der Waals surface area contributed by atoms with Gasteiger partial charge >= 0.3 is 0 Å². The van der Waals surface area contributed by atoms with Crippen LogP contribution in [0, 0.1) is 6.92 Å². The Morgan fingerprint density at radius 2 is 2.29 bits per heavy atom. The van der Waals surface area contributed by atoms with Gasteiger partial charge in [0.2, 0.25) is 5.91 Å². The number of carbonyl (C=O) groups is 1. The second-order valence-corrected chi connectivity index (χ2v) is 4.10. The summed E-state index contributed by atoms with van der Waals surface area (Å²) in [7, 11) is 3.58. The van der Waals surface area contributed by atoms with Crippen LogP contribution in [-0.4, -0.2) is 38.0 Å². The first-order valence-electron chi connectivity index (χ1n) is 5.75. The molecule has 1 aromatic rings. The molecule has 1 atom stereocenters. The van der Waals surface area contributed by atoms with Crippen molar-refractivity contribution in [3.8, 4) is 0 Å². The van der Waals surface area contributed by atoms with Gasteiger partial charge in [0.15, 0.2) is 0 Å². The minimum atomic E-state index is 0.0216. The quantitative estimate of drug-likeness (QED) is 0.765. The van der Waals surface area contributed by atoms with Gasteiger partial charge in [-0.2, -0.15) is 0 Å². The molecule has 0 aliphatic rings. The van der Waals surface area contributed by atoms with E-state index in [1.807, 2.05) is 31.0 Å². The van der Waals surface area contributed by atoms with E-state index in [4.69, 9.17) is 10.2 Å². The van der Waals surface area contributed by atoms with E-state index in [1.165, 1.54) is 0 Å². The van der Waals surface area contributed by atoms with Crippen LogP contribution in [0.5, 0.6) is 0 Å². The molecule has 0 saturated carbocycles. The fraction of sp³-hybridized carbons (Fsp3) is 0.583. The SMILES string of the molecule is CNC(=O)CCN(C)C(CN)c1ccc(C)o1. The Morgan fingerprint density at radius 1 is 1.59 bits per heavy atom. The number of nitrogens with one attached hydrogen (secondary N) is 1. The van der Waals surface area contributed by atoms with E-state index in [1.54, 1.807) is 7.05 Å². The average Bonchev–Trinajstić information content (AvgIpc) is 2.73. The largest absolute Gasteiger partial charge is 0.465 e. The van der Waals surface area contributed by atoms with Crippen molar-refractivity contribution in [2.45, 2.75) is 19.4 Å². The van der Waals surface area contributed by atoms with Crippen molar-refractivity contribution in [1.82, 2.24) is 10.2 Å². The van der Waals surface area contributed by atoms with E-state index in [2.05, 4.69) is 5.32 Å². The van der Waals surface area contributed by atoms with Crippen LogP contribution in [0.3, 0.4) is 0 Å². The number of hydrogen-bond acceptors (Lipinski definition) is 4. The minimum absolute atomic E-state index is 0.0216. The van der Waals surface area contributed by atoms with Crippen LogP contribution in [0.15, 0.2) is 16.5 Å². The highest BCUT2D eigenvalue weighted by atomic mass is 16.3. The lowest BCUT2D eigenvalue weighted by atomic mass is 10.2. The summed E-state index contributed by atoms with van der Waals surface area (Å²) in [6.07, 6.45) is 0.461. The average molecular weight is 239 g/mol. The van der Waals surface area contributed by atoms with E-state index in [-0.39, 0.29) is 11.9 Å². The predicted octanol–water partition coefficient (Wildman–Crippen LogP) is 0.656. The monoisotopic (exact) mass is 239 g/mol. The molecule has 5 nitrogen and oxygen atoms in total. The van der Waals surface area contributed by atoms with Crippen LogP contribution in [0.2, 0.25) is 0 Å². The molecule has 1 rings (SSSR count). The molecule has 0 bridgehead atoms. The molecule has 1 heterocycles. The molecule has 96 valence electrons. The van der Waals surface area contributed by atoms with Crippen LogP contribution in [0.4, 0.5) is 0 Å². The molecular weight excluding hydrogens is 218 g/mol. The number of nitrogens with zero attached hydrogens (tertiary/aromatic N) is 1. The van der Waals surface area contributed by atoms with Gasteiger partial charge in [0.05, 0.1) is 6.04 Å². The summed E-state index contributed by atoms with van der Waals surface area (Å²) in [5.41, 5.74) is 5.75. The topological polar surface area (TPSA) is 71.5 Å². The summed E-state index contributed by atoms with van der Waals surface area (Å²) in [5, 5.41) is 2.60. The molecular formula is C12H21N3O2. The molecule has 0 spiro atoms. The summed E-state index contributed by atoms with van der Waals surface area (Å²) in [6, 6.07) is 3.88. The number of likely N-dealkylation sites (N-methyl/N-ethyl adjacent to an activating group) is 1. The first-order chi connectivity index (χ1) is 8.08. The van der Waals surface area contributed by atoms with Gasteiger partial charge < -0.3 is 15.5 Å². The number of furan rings is 1. The highest BCUT2D eigenvalue weighted by molar-refractivity contribution is 5.75. The summed E-state index contributed by atoms with van der Waals surface area (Å²) < 4.78 is 5.57. The second-order valence-electron chi connectivity index (χ2n) is 4.10. The fourth-order valence-electron chi connectivity index (χ4n) is 1.70. The van der Waals surface area contributed by atoms with E-state index < -0.39 is 0 Å². The van der Waals surface area contributed by atoms with Crippen molar-refractivity contribution in [1.29, 1.82) is 0 Å². The van der Waals surface area contributed by atoms with E-state index in [9.17, 15) is 4.79 Å². The highest BCUT2D eigenvalue weighted by Crippen LogP contribution is 2.20. The predicted molar refractivity (Wildman–Crippen MR) is 66.6 cm³/mol. The Labute approximate surface area is 102 Å². The first kappa shape index (κ1) is 13.7. The van der Waals surface area contributed by atoms with E-state index in [0.717, 1.165) is 11.5 Å². The zero-order valence-electron chi connectivity index (χ0n) is 10.7. The van der Waals surface area contributed by atoms with Crippen LogP contribution in [-0.2, 0) is 4.79 Å². The van der Waals surface area contributed by atoms with Gasteiger partial charge in [-0.25, -0.2) is 0 Å². The molecule has 0 radical (unpaired) electrons. The molecule has 0 aliphatic heterocycles. The van der Waals surface area contributed by atoms with Crippen molar-refractivity contribution in [2.24, 2.45) is 5.73 Å². The van der Waals surface area contributed by atoms with Crippen LogP contribution >= 0.6 is 0 Å².